The van der Waals surface area contributed by atoms with Gasteiger partial charge in [0.25, 0.3) is 0 Å². The maximum absolute atomic E-state index is 13.9. The summed E-state index contributed by atoms with van der Waals surface area (Å²) in [5.41, 5.74) is 2.45. The highest BCUT2D eigenvalue weighted by Crippen LogP contribution is 2.24. The van der Waals surface area contributed by atoms with Crippen molar-refractivity contribution in [3.63, 3.8) is 0 Å². The molecule has 1 N–H and O–H groups in total. The largest absolute Gasteiger partial charge is 0.261 e. The lowest BCUT2D eigenvalue weighted by molar-refractivity contribution is 0.377. The Morgan fingerprint density at radius 2 is 1.48 bits per heavy atom. The molecule has 1 aromatic carbocycles. The topological polar surface area (TPSA) is 68.0 Å². The Balaban J connectivity index is 1.98. The van der Waals surface area contributed by atoms with Crippen molar-refractivity contribution >= 4 is 11.5 Å². The second-order valence-electron chi connectivity index (χ2n) is 6.25. The third kappa shape index (κ3) is 3.80. The van der Waals surface area contributed by atoms with E-state index in [9.17, 15) is 22.0 Å². The zero-order valence-electron chi connectivity index (χ0n) is 15.8. The molecular formula is C18H15F5N6. The van der Waals surface area contributed by atoms with E-state index in [0.717, 1.165) is 18.3 Å². The summed E-state index contributed by atoms with van der Waals surface area (Å²) >= 11 is 0. The molecule has 0 aliphatic carbocycles. The molecule has 11 heteroatoms. The number of nitrogens with one attached hydrogen (secondary N) is 1. The SMILES string of the molecule is CC(=NNc1cc(-n2nc(C)cc2C)nc(C)n1)c1c(F)c(F)c(F)c(F)c1F. The first kappa shape index (κ1) is 20.4. The quantitative estimate of drug-likeness (QED) is 0.231. The van der Waals surface area contributed by atoms with E-state index in [2.05, 4.69) is 25.6 Å². The number of hydrogen-bond donors (Lipinski definition) is 1. The van der Waals surface area contributed by atoms with Gasteiger partial charge in [-0.15, -0.1) is 0 Å². The maximum atomic E-state index is 13.9. The van der Waals surface area contributed by atoms with E-state index in [1.54, 1.807) is 11.6 Å². The lowest BCUT2D eigenvalue weighted by atomic mass is 10.1. The first-order valence-electron chi connectivity index (χ1n) is 8.31. The van der Waals surface area contributed by atoms with E-state index < -0.39 is 40.4 Å². The number of halogens is 5. The highest BCUT2D eigenvalue weighted by atomic mass is 19.2. The second-order valence-corrected chi connectivity index (χ2v) is 6.25. The van der Waals surface area contributed by atoms with Gasteiger partial charge in [0.05, 0.1) is 17.0 Å². The van der Waals surface area contributed by atoms with Gasteiger partial charge in [0, 0.05) is 11.8 Å². The van der Waals surface area contributed by atoms with Crippen LogP contribution in [-0.2, 0) is 0 Å². The Kier molecular flexibility index (Phi) is 5.31. The van der Waals surface area contributed by atoms with Crippen LogP contribution in [0.5, 0.6) is 0 Å². The summed E-state index contributed by atoms with van der Waals surface area (Å²) in [4.78, 5) is 8.35. The fourth-order valence-corrected chi connectivity index (χ4v) is 2.70. The molecule has 2 aromatic heterocycles. The Bertz CT molecular complexity index is 1110. The number of aromatic nitrogens is 4. The molecule has 0 saturated carbocycles. The number of anilines is 1. The zero-order valence-corrected chi connectivity index (χ0v) is 15.8. The zero-order chi connectivity index (χ0) is 21.5. The minimum atomic E-state index is -2.23. The van der Waals surface area contributed by atoms with Crippen molar-refractivity contribution in [2.45, 2.75) is 27.7 Å². The molecule has 6 nitrogen and oxygen atoms in total. The summed E-state index contributed by atoms with van der Waals surface area (Å²) in [6.07, 6.45) is 0. The van der Waals surface area contributed by atoms with Crippen molar-refractivity contribution in [3.8, 4) is 5.82 Å². The lowest BCUT2D eigenvalue weighted by Crippen LogP contribution is -2.13. The summed E-state index contributed by atoms with van der Waals surface area (Å²) in [5, 5.41) is 8.01. The van der Waals surface area contributed by atoms with Gasteiger partial charge in [0.1, 0.15) is 5.82 Å². The van der Waals surface area contributed by atoms with Gasteiger partial charge in [-0.1, -0.05) is 0 Å². The predicted molar refractivity (Wildman–Crippen MR) is 95.4 cm³/mol. The fraction of sp³-hybridized carbons (Fsp3) is 0.222. The molecule has 0 radical (unpaired) electrons. The molecule has 0 unspecified atom stereocenters. The molecule has 0 fully saturated rings. The molecule has 0 amide bonds. The van der Waals surface area contributed by atoms with Crippen LogP contribution in [0.3, 0.4) is 0 Å². The third-order valence-corrected chi connectivity index (χ3v) is 3.96. The van der Waals surface area contributed by atoms with Crippen LogP contribution in [0.1, 0.15) is 29.7 Å². The van der Waals surface area contributed by atoms with Gasteiger partial charge in [0.15, 0.2) is 34.9 Å². The molecule has 0 saturated heterocycles. The molecule has 2 heterocycles. The van der Waals surface area contributed by atoms with E-state index in [4.69, 9.17) is 0 Å². The lowest BCUT2D eigenvalue weighted by Gasteiger charge is -2.10. The number of hydrogen-bond acceptors (Lipinski definition) is 5. The molecule has 0 spiro atoms. The van der Waals surface area contributed by atoms with Crippen molar-refractivity contribution in [2.24, 2.45) is 5.10 Å². The monoisotopic (exact) mass is 410 g/mol. The molecule has 3 aromatic rings. The minimum absolute atomic E-state index is 0.142. The molecule has 0 bridgehead atoms. The van der Waals surface area contributed by atoms with Crippen molar-refractivity contribution in [2.75, 3.05) is 5.43 Å². The maximum Gasteiger partial charge on any atom is 0.200 e. The van der Waals surface area contributed by atoms with Gasteiger partial charge in [-0.25, -0.2) is 36.6 Å². The fourth-order valence-electron chi connectivity index (χ4n) is 2.70. The Labute approximate surface area is 162 Å². The van der Waals surface area contributed by atoms with E-state index in [-0.39, 0.29) is 5.82 Å². The molecule has 29 heavy (non-hydrogen) atoms. The molecule has 3 rings (SSSR count). The number of aryl methyl sites for hydroxylation is 3. The van der Waals surface area contributed by atoms with Crippen LogP contribution in [0.25, 0.3) is 5.82 Å². The van der Waals surface area contributed by atoms with Gasteiger partial charge in [-0.3, -0.25) is 5.43 Å². The highest BCUT2D eigenvalue weighted by Gasteiger charge is 2.27. The van der Waals surface area contributed by atoms with E-state index in [1.807, 2.05) is 19.9 Å². The Hall–Kier alpha value is -3.37. The first-order chi connectivity index (χ1) is 13.6. The van der Waals surface area contributed by atoms with Crippen LogP contribution in [-0.4, -0.2) is 25.5 Å². The molecule has 0 aliphatic rings. The van der Waals surface area contributed by atoms with Crippen molar-refractivity contribution in [1.82, 2.24) is 19.7 Å². The second kappa shape index (κ2) is 7.57. The van der Waals surface area contributed by atoms with Gasteiger partial charge in [-0.2, -0.15) is 10.2 Å². The normalized spacial score (nSPS) is 11.8. The van der Waals surface area contributed by atoms with Crippen LogP contribution in [0.4, 0.5) is 27.8 Å². The summed E-state index contributed by atoms with van der Waals surface area (Å²) in [6.45, 7) is 6.35. The van der Waals surface area contributed by atoms with Crippen LogP contribution in [0.2, 0.25) is 0 Å². The van der Waals surface area contributed by atoms with Crippen molar-refractivity contribution in [1.29, 1.82) is 0 Å². The van der Waals surface area contributed by atoms with Gasteiger partial charge < -0.3 is 0 Å². The summed E-state index contributed by atoms with van der Waals surface area (Å²) in [7, 11) is 0. The summed E-state index contributed by atoms with van der Waals surface area (Å²) in [6, 6.07) is 3.32. The Morgan fingerprint density at radius 1 is 0.897 bits per heavy atom. The predicted octanol–water partition coefficient (Wildman–Crippen LogP) is 4.12. The average Bonchev–Trinajstić information content (AvgIpc) is 3.01. The third-order valence-electron chi connectivity index (χ3n) is 3.96. The van der Waals surface area contributed by atoms with E-state index in [0.29, 0.717) is 11.6 Å². The molecular weight excluding hydrogens is 395 g/mol. The van der Waals surface area contributed by atoms with Gasteiger partial charge in [-0.05, 0) is 33.8 Å². The standard InChI is InChI=1S/C18H15F5N6/c1-7-5-8(2)29(28-7)12-6-11(24-10(4)25-12)27-26-9(3)13-14(19)16(21)18(23)17(22)15(13)20/h5-6H,1-4H3,(H,24,25,27). The average molecular weight is 410 g/mol. The van der Waals surface area contributed by atoms with Crippen molar-refractivity contribution < 1.29 is 22.0 Å². The highest BCUT2D eigenvalue weighted by molar-refractivity contribution is 5.99. The van der Waals surface area contributed by atoms with E-state index >= 15 is 0 Å². The molecule has 0 aliphatic heterocycles. The first-order valence-corrected chi connectivity index (χ1v) is 8.31. The smallest absolute Gasteiger partial charge is 0.200 e. The van der Waals surface area contributed by atoms with Gasteiger partial charge in [0.2, 0.25) is 5.82 Å². The van der Waals surface area contributed by atoms with E-state index in [1.165, 1.54) is 6.07 Å². The van der Waals surface area contributed by atoms with Crippen LogP contribution < -0.4 is 5.43 Å². The number of benzene rings is 1. The van der Waals surface area contributed by atoms with Crippen molar-refractivity contribution in [3.05, 3.63) is 64.0 Å². The summed E-state index contributed by atoms with van der Waals surface area (Å²) in [5.74, 6) is -9.35. The number of hydrazone groups is 1. The van der Waals surface area contributed by atoms with Crippen LogP contribution >= 0.6 is 0 Å². The number of nitrogens with zero attached hydrogens (tertiary/aromatic N) is 5. The summed E-state index contributed by atoms with van der Waals surface area (Å²) < 4.78 is 69.4. The molecule has 152 valence electrons. The molecule has 0 atom stereocenters. The van der Waals surface area contributed by atoms with Crippen LogP contribution in [0.15, 0.2) is 17.2 Å². The van der Waals surface area contributed by atoms with Crippen LogP contribution in [0, 0.1) is 49.9 Å². The number of rotatable bonds is 4. The minimum Gasteiger partial charge on any atom is -0.261 e. The Morgan fingerprint density at radius 3 is 2.03 bits per heavy atom. The van der Waals surface area contributed by atoms with Gasteiger partial charge >= 0.3 is 0 Å².